The number of halogens is 2. The number of carbonyl (C=O) groups excluding carboxylic acids is 1. The van der Waals surface area contributed by atoms with E-state index in [4.69, 9.17) is 21.1 Å². The number of aromatic amines is 1. The van der Waals surface area contributed by atoms with Gasteiger partial charge in [-0.15, -0.1) is 0 Å². The molecule has 2 unspecified atom stereocenters. The Bertz CT molecular complexity index is 1200. The predicted molar refractivity (Wildman–Crippen MR) is 118 cm³/mol. The van der Waals surface area contributed by atoms with E-state index in [0.717, 1.165) is 0 Å². The third-order valence-corrected chi connectivity index (χ3v) is 5.67. The molecule has 3 aromatic rings. The van der Waals surface area contributed by atoms with Crippen molar-refractivity contribution in [3.63, 3.8) is 0 Å². The minimum Gasteiger partial charge on any atom is -0.495 e. The first-order valence-corrected chi connectivity index (χ1v) is 10.6. The first-order valence-electron chi connectivity index (χ1n) is 10.3. The van der Waals surface area contributed by atoms with Crippen LogP contribution in [0.5, 0.6) is 5.75 Å². The van der Waals surface area contributed by atoms with Gasteiger partial charge in [0, 0.05) is 25.6 Å². The standard InChI is InChI=1S/C22H22ClFN4O5/c1-31-19-14(20-27-22(30)33-28-20)3-2-4-15(19)21(29)26-11-13-10-25-7-8-32-18(13)12-5-6-16(23)17(24)9-12/h2-6,9,13,18,25H,7-8,10-11H2,1H3,(H,26,29)(H,27,28,30). The van der Waals surface area contributed by atoms with Crippen LogP contribution in [-0.4, -0.2) is 49.4 Å². The lowest BCUT2D eigenvalue weighted by molar-refractivity contribution is 0.0303. The van der Waals surface area contributed by atoms with Crippen LogP contribution >= 0.6 is 11.6 Å². The molecule has 2 atom stereocenters. The van der Waals surface area contributed by atoms with Crippen molar-refractivity contribution in [2.45, 2.75) is 6.10 Å². The van der Waals surface area contributed by atoms with Gasteiger partial charge < -0.3 is 20.1 Å². The van der Waals surface area contributed by atoms with Crippen LogP contribution in [-0.2, 0) is 4.74 Å². The van der Waals surface area contributed by atoms with Gasteiger partial charge in [0.05, 0.1) is 36.0 Å². The van der Waals surface area contributed by atoms with E-state index >= 15 is 0 Å². The molecule has 1 aliphatic rings. The number of H-pyrrole nitrogens is 1. The number of ether oxygens (including phenoxy) is 2. The maximum atomic E-state index is 14.0. The number of methoxy groups -OCH3 is 1. The summed E-state index contributed by atoms with van der Waals surface area (Å²) in [5.74, 6) is -1.40. The van der Waals surface area contributed by atoms with E-state index in [1.54, 1.807) is 24.3 Å². The van der Waals surface area contributed by atoms with Gasteiger partial charge in [0.15, 0.2) is 5.82 Å². The highest BCUT2D eigenvalue weighted by Crippen LogP contribution is 2.32. The van der Waals surface area contributed by atoms with Gasteiger partial charge in [-0.3, -0.25) is 14.3 Å². The van der Waals surface area contributed by atoms with Crippen LogP contribution < -0.4 is 21.1 Å². The zero-order chi connectivity index (χ0) is 23.4. The summed E-state index contributed by atoms with van der Waals surface area (Å²) in [6, 6.07) is 9.48. The van der Waals surface area contributed by atoms with Crippen LogP contribution in [0.15, 0.2) is 45.7 Å². The number of para-hydroxylation sites is 1. The van der Waals surface area contributed by atoms with Crippen molar-refractivity contribution in [2.75, 3.05) is 33.4 Å². The summed E-state index contributed by atoms with van der Waals surface area (Å²) < 4.78 is 30.0. The predicted octanol–water partition coefficient (Wildman–Crippen LogP) is 2.54. The topological polar surface area (TPSA) is 118 Å². The van der Waals surface area contributed by atoms with Gasteiger partial charge in [-0.1, -0.05) is 28.9 Å². The number of nitrogens with zero attached hydrogens (tertiary/aromatic N) is 1. The van der Waals surface area contributed by atoms with Crippen LogP contribution in [0.25, 0.3) is 11.4 Å². The second-order valence-corrected chi connectivity index (χ2v) is 7.88. The molecule has 1 aromatic heterocycles. The fraction of sp³-hybridized carbons (Fsp3) is 0.318. The first kappa shape index (κ1) is 23.0. The summed E-state index contributed by atoms with van der Waals surface area (Å²) >= 11 is 5.82. The molecule has 1 amide bonds. The van der Waals surface area contributed by atoms with Crippen molar-refractivity contribution >= 4 is 17.5 Å². The molecule has 11 heteroatoms. The second-order valence-electron chi connectivity index (χ2n) is 7.47. The maximum absolute atomic E-state index is 14.0. The monoisotopic (exact) mass is 476 g/mol. The third kappa shape index (κ3) is 5.08. The van der Waals surface area contributed by atoms with E-state index in [-0.39, 0.29) is 40.5 Å². The molecular formula is C22H22ClFN4O5. The summed E-state index contributed by atoms with van der Waals surface area (Å²) in [4.78, 5) is 26.8. The van der Waals surface area contributed by atoms with Crippen LogP contribution in [0.1, 0.15) is 22.0 Å². The first-order chi connectivity index (χ1) is 16.0. The number of hydrogen-bond donors (Lipinski definition) is 3. The summed E-state index contributed by atoms with van der Waals surface area (Å²) in [5, 5.41) is 9.87. The Morgan fingerprint density at radius 3 is 2.94 bits per heavy atom. The lowest BCUT2D eigenvalue weighted by Gasteiger charge is -2.26. The van der Waals surface area contributed by atoms with Gasteiger partial charge in [-0.2, -0.15) is 0 Å². The SMILES string of the molecule is COc1c(C(=O)NCC2CNCCOC2c2ccc(Cl)c(F)c2)cccc1-c1noc(=O)[nH]1. The molecule has 1 fully saturated rings. The smallest absolute Gasteiger partial charge is 0.439 e. The highest BCUT2D eigenvalue weighted by atomic mass is 35.5. The summed E-state index contributed by atoms with van der Waals surface area (Å²) in [5.41, 5.74) is 1.31. The van der Waals surface area contributed by atoms with E-state index in [0.29, 0.717) is 30.8 Å². The minimum absolute atomic E-state index is 0.0378. The van der Waals surface area contributed by atoms with Crippen LogP contribution in [0.2, 0.25) is 5.02 Å². The normalized spacial score (nSPS) is 18.5. The molecule has 1 saturated heterocycles. The summed E-state index contributed by atoms with van der Waals surface area (Å²) in [6.07, 6.45) is -0.430. The molecule has 0 spiro atoms. The molecule has 4 rings (SSSR count). The Morgan fingerprint density at radius 1 is 1.36 bits per heavy atom. The molecule has 0 bridgehead atoms. The average Bonchev–Trinajstić information content (AvgIpc) is 3.11. The quantitative estimate of drug-likeness (QED) is 0.500. The molecule has 1 aliphatic heterocycles. The fourth-order valence-corrected chi connectivity index (χ4v) is 3.93. The Labute approximate surface area is 193 Å². The van der Waals surface area contributed by atoms with Crippen molar-refractivity contribution in [2.24, 2.45) is 5.92 Å². The van der Waals surface area contributed by atoms with Gasteiger partial charge in [-0.05, 0) is 29.8 Å². The lowest BCUT2D eigenvalue weighted by Crippen LogP contribution is -2.36. The number of nitrogens with one attached hydrogen (secondary N) is 3. The van der Waals surface area contributed by atoms with Crippen molar-refractivity contribution in [3.05, 3.63) is 68.9 Å². The highest BCUT2D eigenvalue weighted by molar-refractivity contribution is 6.30. The van der Waals surface area contributed by atoms with Gasteiger partial charge in [0.2, 0.25) is 0 Å². The number of rotatable bonds is 6. The Balaban J connectivity index is 1.54. The molecule has 174 valence electrons. The number of hydrogen-bond acceptors (Lipinski definition) is 7. The zero-order valence-electron chi connectivity index (χ0n) is 17.7. The van der Waals surface area contributed by atoms with Crippen LogP contribution in [0.3, 0.4) is 0 Å². The van der Waals surface area contributed by atoms with Crippen molar-refractivity contribution in [1.82, 2.24) is 20.8 Å². The van der Waals surface area contributed by atoms with Crippen molar-refractivity contribution in [1.29, 1.82) is 0 Å². The fourth-order valence-electron chi connectivity index (χ4n) is 3.81. The molecular weight excluding hydrogens is 455 g/mol. The lowest BCUT2D eigenvalue weighted by atomic mass is 9.95. The van der Waals surface area contributed by atoms with Crippen LogP contribution in [0.4, 0.5) is 4.39 Å². The molecule has 2 aromatic carbocycles. The molecule has 0 saturated carbocycles. The summed E-state index contributed by atoms with van der Waals surface area (Å²) in [6.45, 7) is 1.91. The third-order valence-electron chi connectivity index (χ3n) is 5.37. The van der Waals surface area contributed by atoms with Gasteiger partial charge >= 0.3 is 5.76 Å². The van der Waals surface area contributed by atoms with Gasteiger partial charge in [0.1, 0.15) is 11.6 Å². The largest absolute Gasteiger partial charge is 0.495 e. The van der Waals surface area contributed by atoms with Crippen LogP contribution in [0, 0.1) is 11.7 Å². The number of aromatic nitrogens is 2. The van der Waals surface area contributed by atoms with E-state index in [1.165, 1.54) is 19.2 Å². The number of amides is 1. The van der Waals surface area contributed by atoms with E-state index < -0.39 is 17.7 Å². The molecule has 3 N–H and O–H groups in total. The average molecular weight is 477 g/mol. The summed E-state index contributed by atoms with van der Waals surface area (Å²) in [7, 11) is 1.42. The second kappa shape index (κ2) is 10.2. The number of carbonyl (C=O) groups is 1. The maximum Gasteiger partial charge on any atom is 0.439 e. The number of benzene rings is 2. The Morgan fingerprint density at radius 2 is 2.21 bits per heavy atom. The molecule has 0 aliphatic carbocycles. The highest BCUT2D eigenvalue weighted by Gasteiger charge is 2.28. The van der Waals surface area contributed by atoms with E-state index in [1.807, 2.05) is 0 Å². The molecule has 9 nitrogen and oxygen atoms in total. The molecule has 33 heavy (non-hydrogen) atoms. The zero-order valence-corrected chi connectivity index (χ0v) is 18.4. The minimum atomic E-state index is -0.715. The Hall–Kier alpha value is -3.21. The van der Waals surface area contributed by atoms with Crippen molar-refractivity contribution < 1.29 is 23.2 Å². The van der Waals surface area contributed by atoms with E-state index in [9.17, 15) is 14.0 Å². The van der Waals surface area contributed by atoms with E-state index in [2.05, 4.69) is 25.3 Å². The molecule has 2 heterocycles. The Kier molecular flexibility index (Phi) is 7.07. The molecule has 0 radical (unpaired) electrons. The van der Waals surface area contributed by atoms with Gasteiger partial charge in [-0.25, -0.2) is 9.18 Å². The van der Waals surface area contributed by atoms with Crippen molar-refractivity contribution in [3.8, 4) is 17.1 Å². The van der Waals surface area contributed by atoms with Gasteiger partial charge in [0.25, 0.3) is 5.91 Å².